The van der Waals surface area contributed by atoms with E-state index in [0.717, 1.165) is 32.1 Å². The van der Waals surface area contributed by atoms with Crippen LogP contribution in [0, 0.1) is 0 Å². The van der Waals surface area contributed by atoms with Crippen LogP contribution in [0.15, 0.2) is 6.07 Å². The van der Waals surface area contributed by atoms with E-state index in [-0.39, 0.29) is 0 Å². The number of rotatable bonds is 6. The van der Waals surface area contributed by atoms with Gasteiger partial charge in [-0.05, 0) is 42.9 Å². The molecule has 1 aromatic rings. The van der Waals surface area contributed by atoms with Gasteiger partial charge in [-0.25, -0.2) is 0 Å². The highest BCUT2D eigenvalue weighted by molar-refractivity contribution is 6.43. The molecule has 0 heterocycles. The van der Waals surface area contributed by atoms with E-state index in [0.29, 0.717) is 15.7 Å². The number of hydrogen-bond acceptors (Lipinski definition) is 1. The van der Waals surface area contributed by atoms with Gasteiger partial charge in [0.15, 0.2) is 0 Å². The fourth-order valence-electron chi connectivity index (χ4n) is 1.98. The van der Waals surface area contributed by atoms with E-state index >= 15 is 0 Å². The second kappa shape index (κ2) is 7.13. The Kier molecular flexibility index (Phi) is 6.15. The Morgan fingerprint density at radius 1 is 1.06 bits per heavy atom. The minimum atomic E-state index is 0.512. The number of halogens is 2. The van der Waals surface area contributed by atoms with E-state index in [1.54, 1.807) is 0 Å². The molecule has 0 bridgehead atoms. The van der Waals surface area contributed by atoms with Crippen LogP contribution < -0.4 is 5.73 Å². The van der Waals surface area contributed by atoms with E-state index < -0.39 is 0 Å². The first kappa shape index (κ1) is 14.7. The minimum absolute atomic E-state index is 0.512. The van der Waals surface area contributed by atoms with Crippen LogP contribution in [0.2, 0.25) is 10.0 Å². The Morgan fingerprint density at radius 2 is 1.65 bits per heavy atom. The van der Waals surface area contributed by atoms with Crippen molar-refractivity contribution in [1.29, 1.82) is 0 Å². The zero-order valence-corrected chi connectivity index (χ0v) is 12.2. The van der Waals surface area contributed by atoms with E-state index in [4.69, 9.17) is 28.9 Å². The number of hydrogen-bond donors (Lipinski definition) is 1. The highest BCUT2D eigenvalue weighted by atomic mass is 35.5. The van der Waals surface area contributed by atoms with Crippen LogP contribution in [0.4, 0.5) is 5.69 Å². The maximum Gasteiger partial charge on any atom is 0.0824 e. The lowest BCUT2D eigenvalue weighted by molar-refractivity contribution is 0.759. The van der Waals surface area contributed by atoms with Crippen LogP contribution in [-0.4, -0.2) is 0 Å². The maximum atomic E-state index is 6.11. The molecule has 0 saturated heterocycles. The number of nitrogen functional groups attached to an aromatic ring is 1. The lowest BCUT2D eigenvalue weighted by Gasteiger charge is -2.14. The van der Waals surface area contributed by atoms with Crippen molar-refractivity contribution >= 4 is 28.9 Å². The molecule has 2 N–H and O–H groups in total. The normalized spacial score (nSPS) is 10.8. The van der Waals surface area contributed by atoms with Crippen LogP contribution in [0.5, 0.6) is 0 Å². The third-order valence-electron chi connectivity index (χ3n) is 3.04. The molecule has 17 heavy (non-hydrogen) atoms. The molecule has 0 unspecified atom stereocenters. The van der Waals surface area contributed by atoms with Crippen molar-refractivity contribution in [3.8, 4) is 0 Å². The summed E-state index contributed by atoms with van der Waals surface area (Å²) in [5.74, 6) is 0. The zero-order chi connectivity index (χ0) is 12.8. The quantitative estimate of drug-likeness (QED) is 0.703. The van der Waals surface area contributed by atoms with E-state index in [1.165, 1.54) is 17.5 Å². The SMILES string of the molecule is CCCCc1cc(Cl)c(Cl)c(N)c1CCCC. The third-order valence-corrected chi connectivity index (χ3v) is 3.84. The van der Waals surface area contributed by atoms with Crippen molar-refractivity contribution in [1.82, 2.24) is 0 Å². The maximum absolute atomic E-state index is 6.11. The minimum Gasteiger partial charge on any atom is -0.397 e. The molecule has 0 aliphatic heterocycles. The Hall–Kier alpha value is -0.400. The molecule has 0 saturated carbocycles. The molecule has 0 spiro atoms. The molecule has 0 aliphatic rings. The Morgan fingerprint density at radius 3 is 2.24 bits per heavy atom. The summed E-state index contributed by atoms with van der Waals surface area (Å²) < 4.78 is 0. The van der Waals surface area contributed by atoms with Gasteiger partial charge < -0.3 is 5.73 Å². The summed E-state index contributed by atoms with van der Waals surface area (Å²) >= 11 is 12.2. The van der Waals surface area contributed by atoms with Gasteiger partial charge in [0.2, 0.25) is 0 Å². The fourth-order valence-corrected chi connectivity index (χ4v) is 2.38. The molecule has 0 fully saturated rings. The molecule has 0 amide bonds. The van der Waals surface area contributed by atoms with Gasteiger partial charge in [-0.2, -0.15) is 0 Å². The second-order valence-corrected chi connectivity index (χ2v) is 5.22. The van der Waals surface area contributed by atoms with Gasteiger partial charge >= 0.3 is 0 Å². The first-order valence-corrected chi connectivity index (χ1v) is 7.12. The fraction of sp³-hybridized carbons (Fsp3) is 0.571. The summed E-state index contributed by atoms with van der Waals surface area (Å²) in [6.07, 6.45) is 6.67. The smallest absolute Gasteiger partial charge is 0.0824 e. The Balaban J connectivity index is 3.06. The predicted molar refractivity (Wildman–Crippen MR) is 78.1 cm³/mol. The zero-order valence-electron chi connectivity index (χ0n) is 10.7. The molecule has 1 aromatic carbocycles. The van der Waals surface area contributed by atoms with Crippen LogP contribution in [0.1, 0.15) is 50.7 Å². The van der Waals surface area contributed by atoms with Crippen LogP contribution in [-0.2, 0) is 12.8 Å². The molecule has 1 nitrogen and oxygen atoms in total. The molecule has 0 aromatic heterocycles. The first-order chi connectivity index (χ1) is 8.11. The molecule has 0 aliphatic carbocycles. The topological polar surface area (TPSA) is 26.0 Å². The van der Waals surface area contributed by atoms with Crippen molar-refractivity contribution in [3.63, 3.8) is 0 Å². The second-order valence-electron chi connectivity index (χ2n) is 4.43. The molecule has 1 rings (SSSR count). The Bertz CT molecular complexity index is 375. The number of aryl methyl sites for hydroxylation is 1. The number of anilines is 1. The number of nitrogens with two attached hydrogens (primary N) is 1. The van der Waals surface area contributed by atoms with Gasteiger partial charge in [-0.3, -0.25) is 0 Å². The van der Waals surface area contributed by atoms with Crippen molar-refractivity contribution in [3.05, 3.63) is 27.2 Å². The van der Waals surface area contributed by atoms with Crippen molar-refractivity contribution in [2.75, 3.05) is 5.73 Å². The molecular weight excluding hydrogens is 253 g/mol. The largest absolute Gasteiger partial charge is 0.397 e. The van der Waals surface area contributed by atoms with Gasteiger partial charge in [0.25, 0.3) is 0 Å². The summed E-state index contributed by atoms with van der Waals surface area (Å²) in [5.41, 5.74) is 9.23. The standard InChI is InChI=1S/C14H21Cl2N/c1-3-5-7-10-9-12(15)13(16)14(17)11(10)8-6-4-2/h9H,3-8,17H2,1-2H3. The van der Waals surface area contributed by atoms with E-state index in [9.17, 15) is 0 Å². The monoisotopic (exact) mass is 273 g/mol. The first-order valence-electron chi connectivity index (χ1n) is 6.37. The van der Waals surface area contributed by atoms with Crippen molar-refractivity contribution in [2.24, 2.45) is 0 Å². The van der Waals surface area contributed by atoms with Gasteiger partial charge in [-0.1, -0.05) is 49.9 Å². The van der Waals surface area contributed by atoms with Gasteiger partial charge in [-0.15, -0.1) is 0 Å². The van der Waals surface area contributed by atoms with Gasteiger partial charge in [0, 0.05) is 0 Å². The summed E-state index contributed by atoms with van der Waals surface area (Å²) in [4.78, 5) is 0. The summed E-state index contributed by atoms with van der Waals surface area (Å²) in [6.45, 7) is 4.37. The van der Waals surface area contributed by atoms with Crippen LogP contribution in [0.3, 0.4) is 0 Å². The van der Waals surface area contributed by atoms with E-state index in [2.05, 4.69) is 13.8 Å². The molecular formula is C14H21Cl2N. The molecule has 3 heteroatoms. The van der Waals surface area contributed by atoms with Gasteiger partial charge in [0.1, 0.15) is 0 Å². The lowest BCUT2D eigenvalue weighted by atomic mass is 9.96. The van der Waals surface area contributed by atoms with E-state index in [1.807, 2.05) is 6.07 Å². The van der Waals surface area contributed by atoms with Gasteiger partial charge in [0.05, 0.1) is 15.7 Å². The van der Waals surface area contributed by atoms with Crippen LogP contribution in [0.25, 0.3) is 0 Å². The lowest BCUT2D eigenvalue weighted by Crippen LogP contribution is -2.02. The van der Waals surface area contributed by atoms with Crippen molar-refractivity contribution in [2.45, 2.75) is 52.4 Å². The number of benzene rings is 1. The summed E-state index contributed by atoms with van der Waals surface area (Å²) in [6, 6.07) is 1.99. The van der Waals surface area contributed by atoms with Crippen LogP contribution >= 0.6 is 23.2 Å². The van der Waals surface area contributed by atoms with Crippen molar-refractivity contribution < 1.29 is 0 Å². The molecule has 0 atom stereocenters. The predicted octanol–water partition coefficient (Wildman–Crippen LogP) is 5.26. The highest BCUT2D eigenvalue weighted by Crippen LogP contribution is 2.35. The molecule has 0 radical (unpaired) electrons. The Labute approximate surface area is 114 Å². The molecule has 96 valence electrons. The highest BCUT2D eigenvalue weighted by Gasteiger charge is 2.13. The summed E-state index contributed by atoms with van der Waals surface area (Å²) in [7, 11) is 0. The number of unbranched alkanes of at least 4 members (excludes halogenated alkanes) is 2. The third kappa shape index (κ3) is 3.79. The summed E-state index contributed by atoms with van der Waals surface area (Å²) in [5, 5.41) is 1.09. The average molecular weight is 274 g/mol. The average Bonchev–Trinajstić information content (AvgIpc) is 2.32.